The largest absolute Gasteiger partial charge is 0.494 e. The summed E-state index contributed by atoms with van der Waals surface area (Å²) in [6.07, 6.45) is 1.55. The molecule has 0 saturated heterocycles. The Morgan fingerprint density at radius 2 is 2.05 bits per heavy atom. The molecule has 1 fully saturated rings. The summed E-state index contributed by atoms with van der Waals surface area (Å²) in [5.41, 5.74) is 1.01. The van der Waals surface area contributed by atoms with Crippen LogP contribution in [-0.4, -0.2) is 18.2 Å². The van der Waals surface area contributed by atoms with Crippen molar-refractivity contribution in [3.8, 4) is 5.75 Å². The van der Waals surface area contributed by atoms with Gasteiger partial charge in [-0.05, 0) is 42.4 Å². The minimum Gasteiger partial charge on any atom is -0.494 e. The molecule has 1 aliphatic carbocycles. The van der Waals surface area contributed by atoms with Crippen molar-refractivity contribution in [3.63, 3.8) is 0 Å². The van der Waals surface area contributed by atoms with E-state index in [0.29, 0.717) is 21.7 Å². The van der Waals surface area contributed by atoms with E-state index in [1.807, 2.05) is 12.1 Å². The third kappa shape index (κ3) is 3.15. The summed E-state index contributed by atoms with van der Waals surface area (Å²) in [6.45, 7) is 2.07. The Hall–Kier alpha value is -0.930. The molecule has 104 valence electrons. The smallest absolute Gasteiger partial charge is 0.306 e. The van der Waals surface area contributed by atoms with Crippen LogP contribution in [0.3, 0.4) is 0 Å². The summed E-state index contributed by atoms with van der Waals surface area (Å²) in [5, 5.41) is 9.91. The van der Waals surface area contributed by atoms with Crippen molar-refractivity contribution in [2.24, 2.45) is 17.8 Å². The Morgan fingerprint density at radius 1 is 1.47 bits per heavy atom. The fourth-order valence-electron chi connectivity index (χ4n) is 2.58. The second-order valence-electron chi connectivity index (χ2n) is 5.12. The van der Waals surface area contributed by atoms with Crippen LogP contribution in [0.4, 0.5) is 0 Å². The number of halogens is 2. The number of benzene rings is 1. The molecule has 1 N–H and O–H groups in total. The second-order valence-corrected chi connectivity index (χ2v) is 5.93. The Morgan fingerprint density at radius 3 is 2.47 bits per heavy atom. The van der Waals surface area contributed by atoms with Gasteiger partial charge in [-0.15, -0.1) is 0 Å². The van der Waals surface area contributed by atoms with E-state index < -0.39 is 5.97 Å². The van der Waals surface area contributed by atoms with Crippen LogP contribution in [0.15, 0.2) is 12.1 Å². The molecule has 1 aliphatic rings. The number of methoxy groups -OCH3 is 1. The van der Waals surface area contributed by atoms with Crippen LogP contribution >= 0.6 is 23.2 Å². The molecule has 5 heteroatoms. The van der Waals surface area contributed by atoms with E-state index in [4.69, 9.17) is 33.0 Å². The maximum absolute atomic E-state index is 10.9. The minimum atomic E-state index is -0.692. The minimum absolute atomic E-state index is 0.181. The Bertz CT molecular complexity index is 478. The molecule has 1 saturated carbocycles. The highest BCUT2D eigenvalue weighted by Crippen LogP contribution is 2.46. The predicted octanol–water partition coefficient (Wildman–Crippen LogP) is 3.90. The molecule has 19 heavy (non-hydrogen) atoms. The lowest BCUT2D eigenvalue weighted by Gasteiger charge is -2.13. The third-order valence-electron chi connectivity index (χ3n) is 3.71. The second kappa shape index (κ2) is 5.59. The number of carbonyl (C=O) groups is 1. The zero-order valence-corrected chi connectivity index (χ0v) is 12.3. The molecule has 3 nitrogen and oxygen atoms in total. The maximum atomic E-state index is 10.9. The van der Waals surface area contributed by atoms with Gasteiger partial charge in [0.25, 0.3) is 0 Å². The van der Waals surface area contributed by atoms with E-state index in [1.165, 1.54) is 7.11 Å². The van der Waals surface area contributed by atoms with Gasteiger partial charge in [0.1, 0.15) is 0 Å². The zero-order chi connectivity index (χ0) is 14.2. The monoisotopic (exact) mass is 302 g/mol. The fraction of sp³-hybridized carbons (Fsp3) is 0.500. The van der Waals surface area contributed by atoms with Crippen molar-refractivity contribution in [1.82, 2.24) is 0 Å². The molecule has 0 spiro atoms. The SMILES string of the molecule is COc1c(Cl)cc(CC(C)C2CC2C(=O)O)cc1Cl. The Balaban J connectivity index is 2.06. The first-order valence-electron chi connectivity index (χ1n) is 6.18. The van der Waals surface area contributed by atoms with Gasteiger partial charge in [0.2, 0.25) is 0 Å². The average molecular weight is 303 g/mol. The summed E-state index contributed by atoms with van der Waals surface area (Å²) in [7, 11) is 1.52. The molecule has 0 aromatic heterocycles. The van der Waals surface area contributed by atoms with Crippen molar-refractivity contribution in [2.75, 3.05) is 7.11 Å². The van der Waals surface area contributed by atoms with Crippen LogP contribution in [-0.2, 0) is 11.2 Å². The van der Waals surface area contributed by atoms with Gasteiger partial charge in [-0.25, -0.2) is 0 Å². The Labute approximate surface area is 122 Å². The fourth-order valence-corrected chi connectivity index (χ4v) is 3.26. The summed E-state index contributed by atoms with van der Waals surface area (Å²) in [5.74, 6) is 0.176. The highest BCUT2D eigenvalue weighted by Gasteiger charge is 2.46. The topological polar surface area (TPSA) is 46.5 Å². The van der Waals surface area contributed by atoms with Crippen molar-refractivity contribution in [1.29, 1.82) is 0 Å². The van der Waals surface area contributed by atoms with E-state index in [1.54, 1.807) is 0 Å². The van der Waals surface area contributed by atoms with Gasteiger partial charge in [-0.3, -0.25) is 4.79 Å². The maximum Gasteiger partial charge on any atom is 0.306 e. The van der Waals surface area contributed by atoms with Crippen LogP contribution in [0, 0.1) is 17.8 Å². The van der Waals surface area contributed by atoms with E-state index in [-0.39, 0.29) is 11.8 Å². The van der Waals surface area contributed by atoms with E-state index >= 15 is 0 Å². The number of hydrogen-bond acceptors (Lipinski definition) is 2. The van der Waals surface area contributed by atoms with Gasteiger partial charge in [0.15, 0.2) is 5.75 Å². The predicted molar refractivity (Wildman–Crippen MR) is 75.1 cm³/mol. The number of carboxylic acid groups (broad SMARTS) is 1. The first kappa shape index (κ1) is 14.5. The van der Waals surface area contributed by atoms with Gasteiger partial charge < -0.3 is 9.84 Å². The molecule has 0 bridgehead atoms. The average Bonchev–Trinajstić information content (AvgIpc) is 3.08. The van der Waals surface area contributed by atoms with Crippen molar-refractivity contribution in [2.45, 2.75) is 19.8 Å². The first-order chi connectivity index (χ1) is 8.93. The molecule has 0 amide bonds. The lowest BCUT2D eigenvalue weighted by atomic mass is 9.95. The molecular formula is C14H16Cl2O3. The van der Waals surface area contributed by atoms with Gasteiger partial charge in [-0.2, -0.15) is 0 Å². The van der Waals surface area contributed by atoms with Crippen LogP contribution in [0.2, 0.25) is 10.0 Å². The first-order valence-corrected chi connectivity index (χ1v) is 6.94. The molecule has 0 heterocycles. The third-order valence-corrected chi connectivity index (χ3v) is 4.27. The molecular weight excluding hydrogens is 287 g/mol. The van der Waals surface area contributed by atoms with Gasteiger partial charge >= 0.3 is 5.97 Å². The highest BCUT2D eigenvalue weighted by atomic mass is 35.5. The molecule has 0 aliphatic heterocycles. The highest BCUT2D eigenvalue weighted by molar-refractivity contribution is 6.37. The van der Waals surface area contributed by atoms with Crippen molar-refractivity contribution >= 4 is 29.2 Å². The molecule has 1 aromatic rings. The van der Waals surface area contributed by atoms with E-state index in [9.17, 15) is 4.79 Å². The van der Waals surface area contributed by atoms with Crippen LogP contribution < -0.4 is 4.74 Å². The van der Waals surface area contributed by atoms with Crippen LogP contribution in [0.5, 0.6) is 5.75 Å². The van der Waals surface area contributed by atoms with Gasteiger partial charge in [0, 0.05) is 0 Å². The number of aliphatic carboxylic acids is 1. The van der Waals surface area contributed by atoms with Gasteiger partial charge in [0.05, 0.1) is 23.1 Å². The van der Waals surface area contributed by atoms with Crippen molar-refractivity contribution < 1.29 is 14.6 Å². The van der Waals surface area contributed by atoms with Gasteiger partial charge in [-0.1, -0.05) is 30.1 Å². The molecule has 1 aromatic carbocycles. The normalized spacial score (nSPS) is 22.9. The number of rotatable bonds is 5. The van der Waals surface area contributed by atoms with Crippen molar-refractivity contribution in [3.05, 3.63) is 27.7 Å². The zero-order valence-electron chi connectivity index (χ0n) is 10.8. The number of hydrogen-bond donors (Lipinski definition) is 1. The number of carboxylic acids is 1. The summed E-state index contributed by atoms with van der Waals surface area (Å²) in [4.78, 5) is 10.9. The summed E-state index contributed by atoms with van der Waals surface area (Å²) >= 11 is 12.2. The van der Waals surface area contributed by atoms with Crippen LogP contribution in [0.25, 0.3) is 0 Å². The summed E-state index contributed by atoms with van der Waals surface area (Å²) in [6, 6.07) is 3.67. The lowest BCUT2D eigenvalue weighted by Crippen LogP contribution is -2.08. The molecule has 2 rings (SSSR count). The van der Waals surface area contributed by atoms with E-state index in [0.717, 1.165) is 18.4 Å². The Kier molecular flexibility index (Phi) is 4.26. The summed E-state index contributed by atoms with van der Waals surface area (Å²) < 4.78 is 5.10. The number of ether oxygens (including phenoxy) is 1. The standard InChI is InChI=1S/C14H16Cl2O3/c1-7(9-6-10(9)14(17)18)3-8-4-11(15)13(19-2)12(16)5-8/h4-5,7,9-10H,3,6H2,1-2H3,(H,17,18). The lowest BCUT2D eigenvalue weighted by molar-refractivity contribution is -0.139. The quantitative estimate of drug-likeness (QED) is 0.897. The molecule has 3 atom stereocenters. The molecule has 0 radical (unpaired) electrons. The molecule has 3 unspecified atom stereocenters. The van der Waals surface area contributed by atoms with Crippen LogP contribution in [0.1, 0.15) is 18.9 Å². The van der Waals surface area contributed by atoms with E-state index in [2.05, 4.69) is 6.92 Å².